The van der Waals surface area contributed by atoms with E-state index in [0.717, 1.165) is 16.2 Å². The Bertz CT molecular complexity index is 1230. The fourth-order valence-corrected chi connectivity index (χ4v) is 6.76. The van der Waals surface area contributed by atoms with Gasteiger partial charge in [0.05, 0.1) is 27.9 Å². The predicted molar refractivity (Wildman–Crippen MR) is 140 cm³/mol. The Morgan fingerprint density at radius 2 is 1.71 bits per heavy atom. The predicted octanol–water partition coefficient (Wildman–Crippen LogP) is 4.37. The summed E-state index contributed by atoms with van der Waals surface area (Å²) in [6.07, 6.45) is 1.20. The van der Waals surface area contributed by atoms with Crippen LogP contribution in [0.1, 0.15) is 17.0 Å². The van der Waals surface area contributed by atoms with Crippen LogP contribution in [0.15, 0.2) is 47.4 Å². The molecule has 2 unspecified atom stereocenters. The molecule has 0 spiro atoms. The summed E-state index contributed by atoms with van der Waals surface area (Å²) in [6, 6.07) is 15.2. The smallest absolute Gasteiger partial charge is 0.320 e. The van der Waals surface area contributed by atoms with Crippen molar-refractivity contribution in [2.45, 2.75) is 10.8 Å². The van der Waals surface area contributed by atoms with Gasteiger partial charge in [-0.2, -0.15) is 9.57 Å². The van der Waals surface area contributed by atoms with Crippen molar-refractivity contribution in [3.8, 4) is 6.07 Å². The first-order chi connectivity index (χ1) is 16.7. The second kappa shape index (κ2) is 11.0. The number of carbonyl (C=O) groups excluding carboxylic acids is 1. The van der Waals surface area contributed by atoms with E-state index in [-0.39, 0.29) is 17.9 Å². The first-order valence-corrected chi connectivity index (χ1v) is 14.8. The number of sulfonamides is 1. The highest BCUT2D eigenvalue weighted by molar-refractivity contribution is 7.99. The number of halogens is 2. The van der Waals surface area contributed by atoms with Gasteiger partial charge in [-0.25, -0.2) is 13.2 Å². The number of amides is 2. The van der Waals surface area contributed by atoms with Crippen molar-refractivity contribution in [2.24, 2.45) is 5.92 Å². The van der Waals surface area contributed by atoms with Crippen molar-refractivity contribution in [1.82, 2.24) is 14.1 Å². The number of nitrogens with zero attached hydrogens (tertiary/aromatic N) is 4. The SMILES string of the molecule is CS(=O)(=O)N1CCN(C(=O)N2CC(CSc3ccc(C#N)cc3)C(c3ccc(Cl)c(Cl)c3)C2)CC1. The number of thioether (sulfide) groups is 1. The van der Waals surface area contributed by atoms with Crippen LogP contribution in [-0.4, -0.2) is 79.8 Å². The minimum absolute atomic E-state index is 0.0610. The summed E-state index contributed by atoms with van der Waals surface area (Å²) in [7, 11) is -3.26. The molecular weight excluding hydrogens is 527 g/mol. The van der Waals surface area contributed by atoms with Crippen LogP contribution in [0, 0.1) is 17.2 Å². The molecule has 0 radical (unpaired) electrons. The molecule has 2 heterocycles. The number of carbonyl (C=O) groups is 1. The van der Waals surface area contributed by atoms with Crippen molar-refractivity contribution in [3.63, 3.8) is 0 Å². The molecule has 0 saturated carbocycles. The maximum Gasteiger partial charge on any atom is 0.320 e. The van der Waals surface area contributed by atoms with E-state index in [1.807, 2.05) is 29.2 Å². The summed E-state index contributed by atoms with van der Waals surface area (Å²) in [5.74, 6) is 1.08. The van der Waals surface area contributed by atoms with Gasteiger partial charge in [-0.05, 0) is 47.9 Å². The number of benzene rings is 2. The van der Waals surface area contributed by atoms with Gasteiger partial charge in [0.25, 0.3) is 0 Å². The van der Waals surface area contributed by atoms with Gasteiger partial charge in [0, 0.05) is 55.8 Å². The molecule has 2 aromatic rings. The molecular formula is C24H26Cl2N4O3S2. The highest BCUT2D eigenvalue weighted by Gasteiger charge is 2.39. The molecule has 2 fully saturated rings. The second-order valence-corrected chi connectivity index (χ2v) is 12.7. The number of piperazine rings is 1. The first-order valence-electron chi connectivity index (χ1n) is 11.2. The van der Waals surface area contributed by atoms with Gasteiger partial charge in [0.1, 0.15) is 0 Å². The zero-order valence-corrected chi connectivity index (χ0v) is 22.4. The number of hydrogen-bond donors (Lipinski definition) is 0. The van der Waals surface area contributed by atoms with E-state index in [1.54, 1.807) is 34.9 Å². The van der Waals surface area contributed by atoms with Gasteiger partial charge in [0.2, 0.25) is 10.0 Å². The standard InChI is InChI=1S/C24H26Cl2N4O3S2/c1-35(32,33)30-10-8-28(9-11-30)24(31)29-14-19(16-34-20-5-2-17(13-27)3-6-20)21(15-29)18-4-7-22(25)23(26)12-18/h2-7,12,19,21H,8-11,14-16H2,1H3. The van der Waals surface area contributed by atoms with Gasteiger partial charge >= 0.3 is 6.03 Å². The van der Waals surface area contributed by atoms with Crippen LogP contribution in [0.2, 0.25) is 10.0 Å². The van der Waals surface area contributed by atoms with Crippen LogP contribution in [0.25, 0.3) is 0 Å². The summed E-state index contributed by atoms with van der Waals surface area (Å²) < 4.78 is 25.0. The Labute approximate surface area is 220 Å². The molecule has 2 atom stereocenters. The van der Waals surface area contributed by atoms with Gasteiger partial charge in [-0.1, -0.05) is 29.3 Å². The molecule has 0 N–H and O–H groups in total. The van der Waals surface area contributed by atoms with Crippen LogP contribution in [0.4, 0.5) is 4.79 Å². The number of rotatable bonds is 5. The quantitative estimate of drug-likeness (QED) is 0.514. The molecule has 2 saturated heterocycles. The Hall–Kier alpha value is -1.96. The number of nitriles is 1. The summed E-state index contributed by atoms with van der Waals surface area (Å²) in [4.78, 5) is 18.0. The molecule has 0 aliphatic carbocycles. The van der Waals surface area contributed by atoms with Crippen LogP contribution < -0.4 is 0 Å². The van der Waals surface area contributed by atoms with E-state index in [1.165, 1.54) is 10.6 Å². The van der Waals surface area contributed by atoms with E-state index >= 15 is 0 Å². The van der Waals surface area contributed by atoms with E-state index in [4.69, 9.17) is 28.5 Å². The molecule has 11 heteroatoms. The monoisotopic (exact) mass is 552 g/mol. The number of urea groups is 1. The molecule has 2 aromatic carbocycles. The molecule has 2 aliphatic heterocycles. The highest BCUT2D eigenvalue weighted by atomic mass is 35.5. The molecule has 7 nitrogen and oxygen atoms in total. The molecule has 4 rings (SSSR count). The van der Waals surface area contributed by atoms with Crippen LogP contribution in [-0.2, 0) is 10.0 Å². The van der Waals surface area contributed by atoms with E-state index in [2.05, 4.69) is 6.07 Å². The van der Waals surface area contributed by atoms with Crippen LogP contribution in [0.3, 0.4) is 0 Å². The van der Waals surface area contributed by atoms with Gasteiger partial charge in [0.15, 0.2) is 0 Å². The summed E-state index contributed by atoms with van der Waals surface area (Å²) in [5.41, 5.74) is 1.67. The molecule has 186 valence electrons. The van der Waals surface area contributed by atoms with Crippen molar-refractivity contribution in [1.29, 1.82) is 5.26 Å². The third-order valence-electron chi connectivity index (χ3n) is 6.51. The maximum atomic E-state index is 13.3. The van der Waals surface area contributed by atoms with Gasteiger partial charge in [-0.3, -0.25) is 0 Å². The molecule has 2 amide bonds. The Morgan fingerprint density at radius 3 is 2.31 bits per heavy atom. The maximum absolute atomic E-state index is 13.3. The fourth-order valence-electron chi connectivity index (χ4n) is 4.56. The molecule has 2 aliphatic rings. The first kappa shape index (κ1) is 26.1. The van der Waals surface area contributed by atoms with E-state index in [0.29, 0.717) is 54.9 Å². The topological polar surface area (TPSA) is 84.7 Å². The Balaban J connectivity index is 1.48. The van der Waals surface area contributed by atoms with Gasteiger partial charge < -0.3 is 9.80 Å². The second-order valence-electron chi connectivity index (χ2n) is 8.82. The Kier molecular flexibility index (Phi) is 8.19. The molecule has 0 aromatic heterocycles. The van der Waals surface area contributed by atoms with Crippen molar-refractivity contribution >= 4 is 51.0 Å². The summed E-state index contributed by atoms with van der Waals surface area (Å²) in [5, 5.41) is 10.0. The lowest BCUT2D eigenvalue weighted by Gasteiger charge is -2.35. The normalized spacial score (nSPS) is 21.2. The fraction of sp³-hybridized carbons (Fsp3) is 0.417. The summed E-state index contributed by atoms with van der Waals surface area (Å²) in [6.45, 7) is 2.54. The third-order valence-corrected chi connectivity index (χ3v) is 9.75. The van der Waals surface area contributed by atoms with E-state index < -0.39 is 10.0 Å². The highest BCUT2D eigenvalue weighted by Crippen LogP contribution is 2.38. The van der Waals surface area contributed by atoms with Crippen molar-refractivity contribution in [2.75, 3.05) is 51.3 Å². The zero-order chi connectivity index (χ0) is 25.2. The largest absolute Gasteiger partial charge is 0.324 e. The average Bonchev–Trinajstić information content (AvgIpc) is 3.28. The minimum atomic E-state index is -3.26. The minimum Gasteiger partial charge on any atom is -0.324 e. The molecule has 0 bridgehead atoms. The van der Waals surface area contributed by atoms with E-state index in [9.17, 15) is 13.2 Å². The lowest BCUT2D eigenvalue weighted by atomic mass is 9.90. The van der Waals surface area contributed by atoms with Crippen molar-refractivity contribution < 1.29 is 13.2 Å². The zero-order valence-electron chi connectivity index (χ0n) is 19.2. The number of hydrogen-bond acceptors (Lipinski definition) is 5. The average molecular weight is 554 g/mol. The third kappa shape index (κ3) is 6.25. The van der Waals surface area contributed by atoms with Gasteiger partial charge in [-0.15, -0.1) is 11.8 Å². The summed E-state index contributed by atoms with van der Waals surface area (Å²) >= 11 is 14.1. The lowest BCUT2D eigenvalue weighted by molar-refractivity contribution is 0.141. The number of likely N-dealkylation sites (tertiary alicyclic amines) is 1. The van der Waals surface area contributed by atoms with Crippen molar-refractivity contribution in [3.05, 3.63) is 63.6 Å². The van der Waals surface area contributed by atoms with Crippen LogP contribution >= 0.6 is 35.0 Å². The van der Waals surface area contributed by atoms with Crippen LogP contribution in [0.5, 0.6) is 0 Å². The Morgan fingerprint density at radius 1 is 1.03 bits per heavy atom. The lowest BCUT2D eigenvalue weighted by Crippen LogP contribution is -2.53. The molecule has 35 heavy (non-hydrogen) atoms.